The van der Waals surface area contributed by atoms with Crippen LogP contribution < -0.4 is 17.0 Å². The van der Waals surface area contributed by atoms with Gasteiger partial charge in [-0.05, 0) is 23.7 Å². The molecule has 0 aliphatic heterocycles. The van der Waals surface area contributed by atoms with Crippen LogP contribution in [-0.4, -0.2) is 17.8 Å². The molecule has 8 heavy (non-hydrogen) atoms. The molecule has 0 saturated carbocycles. The van der Waals surface area contributed by atoms with Crippen molar-refractivity contribution in [2.45, 2.75) is 12.2 Å². The molecule has 0 spiro atoms. The molecular weight excluding hydrogens is 184 g/mol. The quantitative estimate of drug-likeness (QED) is 0.332. The van der Waals surface area contributed by atoms with Crippen LogP contribution in [-0.2, 0) is 10.9 Å². The monoisotopic (exact) mass is 194 g/mol. The van der Waals surface area contributed by atoms with Crippen molar-refractivity contribution in [2.75, 3.05) is 12.5 Å². The average Bonchev–Trinajstić information content (AvgIpc) is 1.65. The van der Waals surface area contributed by atoms with Gasteiger partial charge in [-0.3, -0.25) is 0 Å². The minimum absolute atomic E-state index is 0. The van der Waals surface area contributed by atoms with Gasteiger partial charge in [-0.2, -0.15) is 0 Å². The van der Waals surface area contributed by atoms with Crippen molar-refractivity contribution in [1.29, 1.82) is 0 Å². The molecule has 0 radical (unpaired) electrons. The lowest BCUT2D eigenvalue weighted by atomic mass is 10.5. The number of hydrogen-bond donors (Lipinski definition) is 0. The third-order valence-electron chi connectivity index (χ3n) is 0.942. The highest BCUT2D eigenvalue weighted by Crippen LogP contribution is 1.93. The SMILES string of the molecule is C#CC(C)[S+](C)C.[Br-]. The van der Waals surface area contributed by atoms with Gasteiger partial charge in [0, 0.05) is 0 Å². The summed E-state index contributed by atoms with van der Waals surface area (Å²) in [4.78, 5) is 0. The summed E-state index contributed by atoms with van der Waals surface area (Å²) in [6, 6.07) is 0. The highest BCUT2D eigenvalue weighted by Gasteiger charge is 2.09. The van der Waals surface area contributed by atoms with E-state index < -0.39 is 0 Å². The summed E-state index contributed by atoms with van der Waals surface area (Å²) in [7, 11) is 0.404. The second-order valence-electron chi connectivity index (χ2n) is 1.69. The Morgan fingerprint density at radius 1 is 1.50 bits per heavy atom. The first-order chi connectivity index (χ1) is 3.18. The maximum Gasteiger partial charge on any atom is 0.174 e. The molecule has 0 bridgehead atoms. The molecule has 0 aromatic rings. The van der Waals surface area contributed by atoms with Gasteiger partial charge in [0.1, 0.15) is 0 Å². The third kappa shape index (κ3) is 4.55. The van der Waals surface area contributed by atoms with E-state index in [1.165, 1.54) is 0 Å². The molecule has 0 heterocycles. The van der Waals surface area contributed by atoms with Gasteiger partial charge < -0.3 is 17.0 Å². The largest absolute Gasteiger partial charge is 1.00 e. The lowest BCUT2D eigenvalue weighted by Crippen LogP contribution is -3.00. The van der Waals surface area contributed by atoms with Crippen LogP contribution in [0.4, 0.5) is 0 Å². The lowest BCUT2D eigenvalue weighted by molar-refractivity contribution is -0.00000164. The standard InChI is InChI=1S/C6H11S.BrH/c1-5-6(2)7(3)4;/h1,6H,2-4H3;1H/q+1;/p-1. The molecule has 0 saturated heterocycles. The molecule has 0 aromatic carbocycles. The van der Waals surface area contributed by atoms with E-state index in [1.54, 1.807) is 0 Å². The van der Waals surface area contributed by atoms with Crippen LogP contribution in [0.5, 0.6) is 0 Å². The summed E-state index contributed by atoms with van der Waals surface area (Å²) in [5.74, 6) is 2.68. The molecule has 0 rings (SSSR count). The maximum atomic E-state index is 5.13. The minimum atomic E-state index is 0. The molecule has 48 valence electrons. The summed E-state index contributed by atoms with van der Waals surface area (Å²) in [5, 5.41) is 0.458. The molecule has 0 amide bonds. The van der Waals surface area contributed by atoms with E-state index >= 15 is 0 Å². The summed E-state index contributed by atoms with van der Waals surface area (Å²) < 4.78 is 0. The zero-order chi connectivity index (χ0) is 5.86. The van der Waals surface area contributed by atoms with E-state index in [1.807, 2.05) is 0 Å². The van der Waals surface area contributed by atoms with Gasteiger partial charge in [-0.1, -0.05) is 0 Å². The maximum absolute atomic E-state index is 5.13. The summed E-state index contributed by atoms with van der Waals surface area (Å²) in [6.45, 7) is 2.07. The number of terminal acetylenes is 1. The molecule has 1 unspecified atom stereocenters. The van der Waals surface area contributed by atoms with E-state index in [9.17, 15) is 0 Å². The minimum Gasteiger partial charge on any atom is -1.00 e. The van der Waals surface area contributed by atoms with E-state index in [0.717, 1.165) is 0 Å². The van der Waals surface area contributed by atoms with E-state index in [4.69, 9.17) is 6.42 Å². The predicted molar refractivity (Wildman–Crippen MR) is 37.5 cm³/mol. The fourth-order valence-corrected chi connectivity index (χ4v) is 0.408. The number of rotatable bonds is 1. The van der Waals surface area contributed by atoms with Crippen LogP contribution in [0.25, 0.3) is 0 Å². The highest BCUT2D eigenvalue weighted by atomic mass is 79.9. The van der Waals surface area contributed by atoms with Gasteiger partial charge in [0.2, 0.25) is 0 Å². The van der Waals surface area contributed by atoms with Gasteiger partial charge in [-0.25, -0.2) is 0 Å². The first-order valence-electron chi connectivity index (χ1n) is 2.21. The van der Waals surface area contributed by atoms with Crippen LogP contribution in [0.1, 0.15) is 6.92 Å². The Bertz CT molecular complexity index is 83.0. The molecule has 1 atom stereocenters. The van der Waals surface area contributed by atoms with Crippen molar-refractivity contribution >= 4 is 10.9 Å². The van der Waals surface area contributed by atoms with Crippen molar-refractivity contribution in [3.63, 3.8) is 0 Å². The first kappa shape index (κ1) is 11.2. The zero-order valence-corrected chi connectivity index (χ0v) is 7.84. The van der Waals surface area contributed by atoms with Gasteiger partial charge in [0.25, 0.3) is 0 Å². The van der Waals surface area contributed by atoms with E-state index in [-0.39, 0.29) is 17.0 Å². The normalized spacial score (nSPS) is 11.9. The van der Waals surface area contributed by atoms with E-state index in [0.29, 0.717) is 16.1 Å². The smallest absolute Gasteiger partial charge is 0.174 e. The molecule has 0 fully saturated rings. The molecule has 0 nitrogen and oxygen atoms in total. The second-order valence-corrected chi connectivity index (χ2v) is 4.15. The van der Waals surface area contributed by atoms with Crippen LogP contribution in [0, 0.1) is 12.3 Å². The van der Waals surface area contributed by atoms with Crippen LogP contribution in [0.15, 0.2) is 0 Å². The highest BCUT2D eigenvalue weighted by molar-refractivity contribution is 7.96. The Kier molecular flexibility index (Phi) is 7.75. The topological polar surface area (TPSA) is 0 Å². The van der Waals surface area contributed by atoms with Crippen LogP contribution in [0.2, 0.25) is 0 Å². The fraction of sp³-hybridized carbons (Fsp3) is 0.667. The second kappa shape index (κ2) is 5.53. The molecule has 0 aromatic heterocycles. The summed E-state index contributed by atoms with van der Waals surface area (Å²) in [5.41, 5.74) is 0. The summed E-state index contributed by atoms with van der Waals surface area (Å²) in [6.07, 6.45) is 9.44. The first-order valence-corrected chi connectivity index (χ1v) is 4.31. The predicted octanol–water partition coefficient (Wildman–Crippen LogP) is -2.11. The van der Waals surface area contributed by atoms with Crippen molar-refractivity contribution in [1.82, 2.24) is 0 Å². The van der Waals surface area contributed by atoms with Crippen molar-refractivity contribution in [3.8, 4) is 12.3 Å². The molecule has 0 aliphatic carbocycles. The molecule has 0 N–H and O–H groups in total. The Morgan fingerprint density at radius 3 is 1.88 bits per heavy atom. The Labute approximate surface area is 65.2 Å². The fourth-order valence-electron chi connectivity index (χ4n) is 0.136. The molecule has 0 aliphatic rings. The average molecular weight is 195 g/mol. The number of hydrogen-bond acceptors (Lipinski definition) is 0. The Hall–Kier alpha value is 0.390. The third-order valence-corrected chi connectivity index (χ3v) is 2.49. The Balaban J connectivity index is 0. The van der Waals surface area contributed by atoms with Crippen LogP contribution in [0.3, 0.4) is 0 Å². The van der Waals surface area contributed by atoms with Crippen LogP contribution >= 0.6 is 0 Å². The van der Waals surface area contributed by atoms with Gasteiger partial charge in [0.05, 0.1) is 12.5 Å². The van der Waals surface area contributed by atoms with E-state index in [2.05, 4.69) is 25.4 Å². The lowest BCUT2D eigenvalue weighted by Gasteiger charge is -1.95. The van der Waals surface area contributed by atoms with Crippen molar-refractivity contribution in [2.24, 2.45) is 0 Å². The van der Waals surface area contributed by atoms with Gasteiger partial charge in [-0.15, -0.1) is 6.42 Å². The zero-order valence-electron chi connectivity index (χ0n) is 5.44. The van der Waals surface area contributed by atoms with Gasteiger partial charge in [0.15, 0.2) is 5.25 Å². The molecular formula is C6H11BrS. The van der Waals surface area contributed by atoms with Gasteiger partial charge >= 0.3 is 0 Å². The number of halogens is 1. The van der Waals surface area contributed by atoms with Crippen molar-refractivity contribution < 1.29 is 17.0 Å². The Morgan fingerprint density at radius 2 is 1.88 bits per heavy atom. The van der Waals surface area contributed by atoms with Crippen molar-refractivity contribution in [3.05, 3.63) is 0 Å². The summed E-state index contributed by atoms with van der Waals surface area (Å²) >= 11 is 0. The molecule has 2 heteroatoms.